The summed E-state index contributed by atoms with van der Waals surface area (Å²) in [4.78, 5) is 4.40. The third kappa shape index (κ3) is 1.84. The van der Waals surface area contributed by atoms with Crippen molar-refractivity contribution in [2.45, 2.75) is 39.5 Å². The number of hydrogen-bond acceptors (Lipinski definition) is 3. The molecule has 0 aromatic carbocycles. The van der Waals surface area contributed by atoms with Crippen LogP contribution in [0.3, 0.4) is 0 Å². The first-order valence-corrected chi connectivity index (χ1v) is 5.32. The van der Waals surface area contributed by atoms with Crippen molar-refractivity contribution in [3.05, 3.63) is 23.7 Å². The van der Waals surface area contributed by atoms with Crippen molar-refractivity contribution in [1.82, 2.24) is 19.8 Å². The predicted octanol–water partition coefficient (Wildman–Crippen LogP) is 2.37. The van der Waals surface area contributed by atoms with E-state index in [1.54, 1.807) is 4.63 Å². The molecule has 0 spiro atoms. The third-order valence-electron chi connectivity index (χ3n) is 2.35. The molecule has 80 valence electrons. The lowest BCUT2D eigenvalue weighted by molar-refractivity contribution is 0.687. The van der Waals surface area contributed by atoms with Crippen molar-refractivity contribution in [3.63, 3.8) is 0 Å². The van der Waals surface area contributed by atoms with Gasteiger partial charge in [0.2, 0.25) is 0 Å². The van der Waals surface area contributed by atoms with E-state index < -0.39 is 0 Å². The summed E-state index contributed by atoms with van der Waals surface area (Å²) in [6.45, 7) is 8.40. The second kappa shape index (κ2) is 3.61. The van der Waals surface area contributed by atoms with Gasteiger partial charge in [0.15, 0.2) is 11.5 Å². The largest absolute Gasteiger partial charge is 0.210 e. The highest BCUT2D eigenvalue weighted by molar-refractivity contribution is 5.36. The molecule has 0 aliphatic carbocycles. The summed E-state index contributed by atoms with van der Waals surface area (Å²) in [6, 6.07) is 3.99. The smallest absolute Gasteiger partial charge is 0.176 e. The zero-order chi connectivity index (χ0) is 11.0. The van der Waals surface area contributed by atoms with E-state index in [0.717, 1.165) is 17.2 Å². The molecule has 0 saturated carbocycles. The van der Waals surface area contributed by atoms with Crippen LogP contribution in [-0.4, -0.2) is 19.8 Å². The van der Waals surface area contributed by atoms with Gasteiger partial charge in [0.25, 0.3) is 0 Å². The van der Waals surface area contributed by atoms with Crippen LogP contribution in [0.1, 0.15) is 51.0 Å². The van der Waals surface area contributed by atoms with Gasteiger partial charge in [-0.15, -0.1) is 9.73 Å². The van der Waals surface area contributed by atoms with Crippen molar-refractivity contribution in [3.8, 4) is 0 Å². The van der Waals surface area contributed by atoms with Crippen LogP contribution in [0.15, 0.2) is 12.1 Å². The van der Waals surface area contributed by atoms with Gasteiger partial charge in [0.05, 0.1) is 5.69 Å². The van der Waals surface area contributed by atoms with Gasteiger partial charge < -0.3 is 0 Å². The van der Waals surface area contributed by atoms with Gasteiger partial charge in [0, 0.05) is 5.92 Å². The molecule has 0 saturated heterocycles. The standard InChI is InChI=1S/C11H16N4/c1-7(2)9-5-6-10-12-11(8(3)4)14-15(10)13-9/h5-8H,1-4H3. The van der Waals surface area contributed by atoms with Crippen molar-refractivity contribution in [2.24, 2.45) is 0 Å². The van der Waals surface area contributed by atoms with Crippen LogP contribution >= 0.6 is 0 Å². The lowest BCUT2D eigenvalue weighted by atomic mass is 10.1. The monoisotopic (exact) mass is 204 g/mol. The topological polar surface area (TPSA) is 43.1 Å². The first kappa shape index (κ1) is 10.1. The van der Waals surface area contributed by atoms with Crippen molar-refractivity contribution in [2.75, 3.05) is 0 Å². The second-order valence-electron chi connectivity index (χ2n) is 4.39. The number of nitrogens with zero attached hydrogens (tertiary/aromatic N) is 4. The first-order valence-electron chi connectivity index (χ1n) is 5.32. The molecule has 0 fully saturated rings. The Morgan fingerprint density at radius 1 is 1.00 bits per heavy atom. The fourth-order valence-corrected chi connectivity index (χ4v) is 1.37. The van der Waals surface area contributed by atoms with Crippen molar-refractivity contribution in [1.29, 1.82) is 0 Å². The van der Waals surface area contributed by atoms with Crippen LogP contribution in [-0.2, 0) is 0 Å². The fourth-order valence-electron chi connectivity index (χ4n) is 1.37. The Kier molecular flexibility index (Phi) is 2.42. The van der Waals surface area contributed by atoms with Crippen LogP contribution in [0.5, 0.6) is 0 Å². The average molecular weight is 204 g/mol. The Labute approximate surface area is 89.3 Å². The van der Waals surface area contributed by atoms with E-state index in [9.17, 15) is 0 Å². The van der Waals surface area contributed by atoms with Crippen molar-refractivity contribution >= 4 is 5.65 Å². The summed E-state index contributed by atoms with van der Waals surface area (Å²) in [6.07, 6.45) is 0. The molecule has 0 aliphatic rings. The molecule has 2 aromatic heterocycles. The summed E-state index contributed by atoms with van der Waals surface area (Å²) in [5.74, 6) is 1.61. The normalized spacial score (nSPS) is 11.9. The van der Waals surface area contributed by atoms with Crippen LogP contribution in [0, 0.1) is 0 Å². The SMILES string of the molecule is CC(C)c1ccc2nc(C(C)C)nn2n1. The van der Waals surface area contributed by atoms with Gasteiger partial charge in [0.1, 0.15) is 0 Å². The van der Waals surface area contributed by atoms with E-state index in [4.69, 9.17) is 0 Å². The zero-order valence-electron chi connectivity index (χ0n) is 9.60. The average Bonchev–Trinajstić information content (AvgIpc) is 2.59. The molecule has 4 nitrogen and oxygen atoms in total. The molecule has 15 heavy (non-hydrogen) atoms. The van der Waals surface area contributed by atoms with E-state index in [2.05, 4.69) is 42.9 Å². The van der Waals surface area contributed by atoms with Gasteiger partial charge in [-0.3, -0.25) is 0 Å². The van der Waals surface area contributed by atoms with Gasteiger partial charge in [-0.2, -0.15) is 5.10 Å². The molecule has 0 N–H and O–H groups in total. The molecule has 0 amide bonds. The fraction of sp³-hybridized carbons (Fsp3) is 0.545. The summed E-state index contributed by atoms with van der Waals surface area (Å²) in [5.41, 5.74) is 1.87. The molecule has 0 atom stereocenters. The molecule has 4 heteroatoms. The third-order valence-corrected chi connectivity index (χ3v) is 2.35. The Balaban J connectivity index is 2.52. The Hall–Kier alpha value is -1.45. The zero-order valence-corrected chi connectivity index (χ0v) is 9.60. The molecule has 0 bridgehead atoms. The number of aromatic nitrogens is 4. The van der Waals surface area contributed by atoms with Crippen LogP contribution < -0.4 is 0 Å². The lowest BCUT2D eigenvalue weighted by Gasteiger charge is -2.02. The minimum Gasteiger partial charge on any atom is -0.210 e. The molecule has 0 unspecified atom stereocenters. The Morgan fingerprint density at radius 3 is 2.33 bits per heavy atom. The second-order valence-corrected chi connectivity index (χ2v) is 4.39. The molecular formula is C11H16N4. The molecule has 2 aromatic rings. The summed E-state index contributed by atoms with van der Waals surface area (Å²) < 4.78 is 1.63. The van der Waals surface area contributed by atoms with E-state index >= 15 is 0 Å². The molecule has 2 rings (SSSR count). The van der Waals surface area contributed by atoms with E-state index in [-0.39, 0.29) is 0 Å². The van der Waals surface area contributed by atoms with Gasteiger partial charge in [-0.1, -0.05) is 27.7 Å². The Morgan fingerprint density at radius 2 is 1.73 bits per heavy atom. The summed E-state index contributed by atoms with van der Waals surface area (Å²) in [7, 11) is 0. The number of hydrogen-bond donors (Lipinski definition) is 0. The van der Waals surface area contributed by atoms with Crippen LogP contribution in [0.25, 0.3) is 5.65 Å². The minimum atomic E-state index is 0.342. The Bertz CT molecular complexity index is 464. The quantitative estimate of drug-likeness (QED) is 0.754. The van der Waals surface area contributed by atoms with E-state index in [0.29, 0.717) is 11.8 Å². The van der Waals surface area contributed by atoms with Gasteiger partial charge >= 0.3 is 0 Å². The maximum absolute atomic E-state index is 4.42. The maximum atomic E-state index is 4.42. The molecule has 2 heterocycles. The number of rotatable bonds is 2. The highest BCUT2D eigenvalue weighted by Crippen LogP contribution is 2.13. The minimum absolute atomic E-state index is 0.342. The van der Waals surface area contributed by atoms with E-state index in [1.807, 2.05) is 12.1 Å². The number of fused-ring (bicyclic) bond motifs is 1. The van der Waals surface area contributed by atoms with Gasteiger partial charge in [-0.25, -0.2) is 4.98 Å². The van der Waals surface area contributed by atoms with Crippen LogP contribution in [0.4, 0.5) is 0 Å². The summed E-state index contributed by atoms with van der Waals surface area (Å²) in [5, 5.41) is 8.77. The predicted molar refractivity (Wildman–Crippen MR) is 59.0 cm³/mol. The van der Waals surface area contributed by atoms with E-state index in [1.165, 1.54) is 0 Å². The van der Waals surface area contributed by atoms with Crippen molar-refractivity contribution < 1.29 is 0 Å². The first-order chi connectivity index (χ1) is 7.08. The lowest BCUT2D eigenvalue weighted by Crippen LogP contribution is -2.01. The molecule has 0 radical (unpaired) electrons. The van der Waals surface area contributed by atoms with Gasteiger partial charge in [-0.05, 0) is 18.1 Å². The highest BCUT2D eigenvalue weighted by atomic mass is 15.4. The maximum Gasteiger partial charge on any atom is 0.176 e. The highest BCUT2D eigenvalue weighted by Gasteiger charge is 2.09. The summed E-state index contributed by atoms with van der Waals surface area (Å²) >= 11 is 0. The molecule has 0 aliphatic heterocycles. The van der Waals surface area contributed by atoms with Crippen LogP contribution in [0.2, 0.25) is 0 Å². The molecular weight excluding hydrogens is 188 g/mol.